The molecule has 0 saturated carbocycles. The Morgan fingerprint density at radius 1 is 0.906 bits per heavy atom. The van der Waals surface area contributed by atoms with Gasteiger partial charge >= 0.3 is 0 Å². The third-order valence-corrected chi connectivity index (χ3v) is 5.43. The third kappa shape index (κ3) is 3.80. The van der Waals surface area contributed by atoms with Crippen LogP contribution in [-0.2, 0) is 0 Å². The fourth-order valence-corrected chi connectivity index (χ4v) is 3.68. The number of fused-ring (bicyclic) bond motifs is 1. The van der Waals surface area contributed by atoms with Crippen LogP contribution >= 0.6 is 0 Å². The molecule has 1 N–H and O–H groups in total. The van der Waals surface area contributed by atoms with Gasteiger partial charge in [-0.3, -0.25) is 4.57 Å². The highest BCUT2D eigenvalue weighted by Crippen LogP contribution is 2.26. The van der Waals surface area contributed by atoms with Crippen molar-refractivity contribution >= 4 is 17.0 Å². The molecule has 5 aromatic rings. The smallest absolute Gasteiger partial charge is 0.225 e. The molecule has 6 nitrogen and oxygen atoms in total. The van der Waals surface area contributed by atoms with Crippen molar-refractivity contribution < 1.29 is 0 Å². The molecule has 6 heteroatoms. The minimum absolute atomic E-state index is 0.0777. The lowest BCUT2D eigenvalue weighted by Gasteiger charge is -2.14. The van der Waals surface area contributed by atoms with E-state index in [1.54, 1.807) is 12.5 Å². The van der Waals surface area contributed by atoms with Crippen LogP contribution in [0.5, 0.6) is 0 Å². The summed E-state index contributed by atoms with van der Waals surface area (Å²) >= 11 is 0. The Morgan fingerprint density at radius 2 is 1.69 bits per heavy atom. The van der Waals surface area contributed by atoms with Gasteiger partial charge in [0.2, 0.25) is 5.95 Å². The second-order valence-electron chi connectivity index (χ2n) is 7.52. The van der Waals surface area contributed by atoms with Gasteiger partial charge in [0.1, 0.15) is 12.1 Å². The standard InChI is InChI=1S/C26H20N6/c1-18(20-5-3-2-4-6-20)30-26-28-14-13-25(31-26)32-17-29-23-12-11-22(15-24(23)32)21-9-7-19(16-27)8-10-21/h2-15,17-18H,1H3,(H,28,30,31)/t18-/m0/s1. The first-order valence-corrected chi connectivity index (χ1v) is 10.3. The van der Waals surface area contributed by atoms with Gasteiger partial charge in [-0.1, -0.05) is 48.5 Å². The molecule has 1 atom stereocenters. The molecule has 0 saturated heterocycles. The van der Waals surface area contributed by atoms with E-state index in [2.05, 4.69) is 46.5 Å². The molecule has 32 heavy (non-hydrogen) atoms. The van der Waals surface area contributed by atoms with E-state index >= 15 is 0 Å². The van der Waals surface area contributed by atoms with E-state index in [0.29, 0.717) is 11.5 Å². The highest BCUT2D eigenvalue weighted by atomic mass is 15.2. The Kier molecular flexibility index (Phi) is 5.06. The van der Waals surface area contributed by atoms with Crippen molar-refractivity contribution in [1.82, 2.24) is 19.5 Å². The van der Waals surface area contributed by atoms with E-state index in [9.17, 15) is 0 Å². The zero-order chi connectivity index (χ0) is 21.9. The van der Waals surface area contributed by atoms with Gasteiger partial charge in [-0.2, -0.15) is 10.2 Å². The molecule has 0 amide bonds. The summed E-state index contributed by atoms with van der Waals surface area (Å²) in [6.45, 7) is 2.09. The lowest BCUT2D eigenvalue weighted by molar-refractivity contribution is 0.854. The molecule has 0 radical (unpaired) electrons. The number of aromatic nitrogens is 4. The Hall–Kier alpha value is -4.50. The molecule has 0 spiro atoms. The molecule has 0 unspecified atom stereocenters. The van der Waals surface area contributed by atoms with Gasteiger partial charge in [-0.05, 0) is 53.9 Å². The number of benzene rings is 3. The topological polar surface area (TPSA) is 79.4 Å². The highest BCUT2D eigenvalue weighted by Gasteiger charge is 2.11. The Bertz CT molecular complexity index is 1410. The zero-order valence-corrected chi connectivity index (χ0v) is 17.5. The van der Waals surface area contributed by atoms with Gasteiger partial charge in [-0.15, -0.1) is 0 Å². The summed E-state index contributed by atoms with van der Waals surface area (Å²) in [6.07, 6.45) is 3.53. The van der Waals surface area contributed by atoms with Crippen LogP contribution in [0.3, 0.4) is 0 Å². The maximum absolute atomic E-state index is 9.04. The van der Waals surface area contributed by atoms with E-state index in [-0.39, 0.29) is 6.04 Å². The molecule has 0 aliphatic heterocycles. The normalized spacial score (nSPS) is 11.8. The maximum atomic E-state index is 9.04. The molecule has 2 heterocycles. The van der Waals surface area contributed by atoms with Crippen molar-refractivity contribution in [2.75, 3.05) is 5.32 Å². The first kappa shape index (κ1) is 19.5. The average Bonchev–Trinajstić information content (AvgIpc) is 3.28. The summed E-state index contributed by atoms with van der Waals surface area (Å²) in [5, 5.41) is 12.4. The predicted octanol–water partition coefficient (Wildman–Crippen LogP) is 5.53. The number of hydrogen-bond acceptors (Lipinski definition) is 5. The van der Waals surface area contributed by atoms with E-state index in [0.717, 1.165) is 28.0 Å². The molecule has 154 valence electrons. The summed E-state index contributed by atoms with van der Waals surface area (Å²) in [7, 11) is 0. The van der Waals surface area contributed by atoms with Crippen molar-refractivity contribution in [2.24, 2.45) is 0 Å². The van der Waals surface area contributed by atoms with Crippen LogP contribution in [0.1, 0.15) is 24.1 Å². The first-order chi connectivity index (χ1) is 15.7. The van der Waals surface area contributed by atoms with Gasteiger partial charge in [0, 0.05) is 6.20 Å². The lowest BCUT2D eigenvalue weighted by Crippen LogP contribution is -2.10. The van der Waals surface area contributed by atoms with Gasteiger partial charge < -0.3 is 5.32 Å². The highest BCUT2D eigenvalue weighted by molar-refractivity contribution is 5.83. The molecule has 5 rings (SSSR count). The van der Waals surface area contributed by atoms with Crippen LogP contribution in [0.4, 0.5) is 5.95 Å². The number of hydrogen-bond donors (Lipinski definition) is 1. The lowest BCUT2D eigenvalue weighted by atomic mass is 10.0. The van der Waals surface area contributed by atoms with Crippen molar-refractivity contribution in [3.8, 4) is 23.0 Å². The minimum atomic E-state index is 0.0777. The van der Waals surface area contributed by atoms with Gasteiger partial charge in [0.15, 0.2) is 0 Å². The molecule has 0 bridgehead atoms. The maximum Gasteiger partial charge on any atom is 0.225 e. The molecule has 3 aromatic carbocycles. The largest absolute Gasteiger partial charge is 0.348 e. The van der Waals surface area contributed by atoms with Gasteiger partial charge in [0.05, 0.1) is 28.7 Å². The van der Waals surface area contributed by atoms with Crippen molar-refractivity contribution in [3.05, 3.63) is 103 Å². The zero-order valence-electron chi connectivity index (χ0n) is 17.5. The minimum Gasteiger partial charge on any atom is -0.348 e. The number of nitriles is 1. The summed E-state index contributed by atoms with van der Waals surface area (Å²) in [6, 6.07) is 28.0. The molecular weight excluding hydrogens is 396 g/mol. The van der Waals surface area contributed by atoms with E-state index in [4.69, 9.17) is 10.2 Å². The molecule has 0 fully saturated rings. The van der Waals surface area contributed by atoms with Crippen LogP contribution in [0.25, 0.3) is 28.0 Å². The van der Waals surface area contributed by atoms with Crippen molar-refractivity contribution in [3.63, 3.8) is 0 Å². The monoisotopic (exact) mass is 416 g/mol. The molecule has 0 aliphatic rings. The van der Waals surface area contributed by atoms with Crippen LogP contribution in [-0.4, -0.2) is 19.5 Å². The molecular formula is C26H20N6. The van der Waals surface area contributed by atoms with Crippen LogP contribution in [0, 0.1) is 11.3 Å². The predicted molar refractivity (Wildman–Crippen MR) is 125 cm³/mol. The second kappa shape index (κ2) is 8.32. The Balaban J connectivity index is 1.48. The van der Waals surface area contributed by atoms with Gasteiger partial charge in [-0.25, -0.2) is 9.97 Å². The van der Waals surface area contributed by atoms with Crippen molar-refractivity contribution in [1.29, 1.82) is 5.26 Å². The van der Waals surface area contributed by atoms with Crippen LogP contribution in [0.2, 0.25) is 0 Å². The summed E-state index contributed by atoms with van der Waals surface area (Å²) < 4.78 is 1.96. The fourth-order valence-electron chi connectivity index (χ4n) is 3.68. The van der Waals surface area contributed by atoms with E-state index in [1.165, 1.54) is 5.56 Å². The summed E-state index contributed by atoms with van der Waals surface area (Å²) in [5.74, 6) is 1.30. The number of rotatable bonds is 5. The molecule has 2 aromatic heterocycles. The van der Waals surface area contributed by atoms with Crippen LogP contribution in [0.15, 0.2) is 91.4 Å². The molecule has 0 aliphatic carbocycles. The fraction of sp³-hybridized carbons (Fsp3) is 0.0769. The SMILES string of the molecule is C[C@H](Nc1nccc(-n2cnc3ccc(-c4ccc(C#N)cc4)cc32)n1)c1ccccc1. The number of anilines is 1. The van der Waals surface area contributed by atoms with Crippen LogP contribution < -0.4 is 5.32 Å². The Labute approximate surface area is 185 Å². The summed E-state index contributed by atoms with van der Waals surface area (Å²) in [5.41, 5.74) is 5.74. The van der Waals surface area contributed by atoms with E-state index in [1.807, 2.05) is 65.2 Å². The van der Waals surface area contributed by atoms with Crippen molar-refractivity contribution in [2.45, 2.75) is 13.0 Å². The van der Waals surface area contributed by atoms with Gasteiger partial charge in [0.25, 0.3) is 0 Å². The Morgan fingerprint density at radius 3 is 2.47 bits per heavy atom. The third-order valence-electron chi connectivity index (χ3n) is 5.43. The average molecular weight is 416 g/mol. The summed E-state index contributed by atoms with van der Waals surface area (Å²) in [4.78, 5) is 13.6. The number of nitrogens with one attached hydrogen (secondary N) is 1. The number of nitrogens with zero attached hydrogens (tertiary/aromatic N) is 5. The quantitative estimate of drug-likeness (QED) is 0.408. The number of imidazole rings is 1. The second-order valence-corrected chi connectivity index (χ2v) is 7.52. The first-order valence-electron chi connectivity index (χ1n) is 10.3. The van der Waals surface area contributed by atoms with E-state index < -0.39 is 0 Å².